The van der Waals surface area contributed by atoms with E-state index in [0.29, 0.717) is 15.8 Å². The van der Waals surface area contributed by atoms with Gasteiger partial charge in [-0.2, -0.15) is 0 Å². The van der Waals surface area contributed by atoms with E-state index in [1.54, 1.807) is 4.90 Å². The zero-order valence-corrected chi connectivity index (χ0v) is 20.4. The summed E-state index contributed by atoms with van der Waals surface area (Å²) in [4.78, 5) is 23.1. The van der Waals surface area contributed by atoms with Gasteiger partial charge in [0.05, 0.1) is 10.4 Å². The Bertz CT molecular complexity index is 1230. The normalized spacial score (nSPS) is 18.0. The molecule has 4 nitrogen and oxygen atoms in total. The molecule has 3 heterocycles. The Balaban J connectivity index is 1.46. The van der Waals surface area contributed by atoms with Gasteiger partial charge in [0.2, 0.25) is 0 Å². The molecule has 1 aromatic heterocycles. The first-order valence-corrected chi connectivity index (χ1v) is 12.8. The summed E-state index contributed by atoms with van der Waals surface area (Å²) in [5.41, 5.74) is 4.40. The van der Waals surface area contributed by atoms with Crippen molar-refractivity contribution in [1.82, 2.24) is 9.88 Å². The Kier molecular flexibility index (Phi) is 6.47. The summed E-state index contributed by atoms with van der Waals surface area (Å²) >= 11 is 6.98. The van der Waals surface area contributed by atoms with Gasteiger partial charge in [-0.15, -0.1) is 0 Å². The molecule has 6 heteroatoms. The van der Waals surface area contributed by atoms with Crippen molar-refractivity contribution in [3.8, 4) is 0 Å². The van der Waals surface area contributed by atoms with Crippen molar-refractivity contribution >= 4 is 57.0 Å². The highest BCUT2D eigenvalue weighted by Crippen LogP contribution is 2.35. The second-order valence-electron chi connectivity index (χ2n) is 8.71. The second kappa shape index (κ2) is 9.65. The summed E-state index contributed by atoms with van der Waals surface area (Å²) in [6.45, 7) is 4.70. The second-order valence-corrected chi connectivity index (χ2v) is 10.4. The van der Waals surface area contributed by atoms with Crippen LogP contribution in [0.1, 0.15) is 36.0 Å². The van der Waals surface area contributed by atoms with Crippen molar-refractivity contribution in [3.63, 3.8) is 0 Å². The van der Waals surface area contributed by atoms with Crippen LogP contribution in [0.4, 0.5) is 5.82 Å². The predicted octanol–water partition coefficient (Wildman–Crippen LogP) is 5.98. The number of benzene rings is 2. The molecule has 0 N–H and O–H groups in total. The first-order chi connectivity index (χ1) is 16.1. The number of thiocarbonyl (C=S) groups is 1. The van der Waals surface area contributed by atoms with Crippen LogP contribution < -0.4 is 4.90 Å². The topological polar surface area (TPSA) is 36.4 Å². The van der Waals surface area contributed by atoms with Crippen LogP contribution in [0.15, 0.2) is 59.5 Å². The molecule has 2 aromatic carbocycles. The predicted molar refractivity (Wildman–Crippen MR) is 143 cm³/mol. The van der Waals surface area contributed by atoms with Gasteiger partial charge in [-0.3, -0.25) is 9.69 Å². The van der Waals surface area contributed by atoms with Crippen LogP contribution in [0.2, 0.25) is 0 Å². The maximum atomic E-state index is 13.3. The quantitative estimate of drug-likeness (QED) is 0.337. The smallest absolute Gasteiger partial charge is 0.266 e. The van der Waals surface area contributed by atoms with E-state index in [1.165, 1.54) is 42.2 Å². The number of nitrogens with zero attached hydrogens (tertiary/aromatic N) is 3. The number of carbonyl (C=O) groups is 1. The minimum Gasteiger partial charge on any atom is -0.356 e. The van der Waals surface area contributed by atoms with E-state index in [4.69, 9.17) is 17.2 Å². The number of hydrogen-bond donors (Lipinski definition) is 0. The Hall–Kier alpha value is -2.70. The Morgan fingerprint density at radius 3 is 2.64 bits per heavy atom. The van der Waals surface area contributed by atoms with Crippen LogP contribution in [-0.4, -0.2) is 39.7 Å². The molecule has 0 saturated carbocycles. The van der Waals surface area contributed by atoms with E-state index < -0.39 is 0 Å². The van der Waals surface area contributed by atoms with Gasteiger partial charge in [-0.25, -0.2) is 4.98 Å². The first-order valence-electron chi connectivity index (χ1n) is 11.5. The summed E-state index contributed by atoms with van der Waals surface area (Å²) < 4.78 is 0.631. The van der Waals surface area contributed by atoms with Gasteiger partial charge >= 0.3 is 0 Å². The minimum atomic E-state index is -0.00476. The average Bonchev–Trinajstić information content (AvgIpc) is 3.10. The lowest BCUT2D eigenvalue weighted by Crippen LogP contribution is -2.31. The molecular weight excluding hydrogens is 446 g/mol. The molecule has 5 rings (SSSR count). The lowest BCUT2D eigenvalue weighted by atomic mass is 10.1. The largest absolute Gasteiger partial charge is 0.356 e. The maximum Gasteiger partial charge on any atom is 0.266 e. The van der Waals surface area contributed by atoms with Crippen LogP contribution >= 0.6 is 24.0 Å². The van der Waals surface area contributed by atoms with Crippen LogP contribution in [0, 0.1) is 6.92 Å². The van der Waals surface area contributed by atoms with Crippen LogP contribution in [0.25, 0.3) is 17.0 Å². The number of amides is 1. The molecule has 33 heavy (non-hydrogen) atoms. The van der Waals surface area contributed by atoms with Crippen LogP contribution in [-0.2, 0) is 11.2 Å². The highest BCUT2D eigenvalue weighted by molar-refractivity contribution is 8.26. The number of aryl methyl sites for hydroxylation is 1. The van der Waals surface area contributed by atoms with Gasteiger partial charge < -0.3 is 4.90 Å². The Labute approximate surface area is 204 Å². The summed E-state index contributed by atoms with van der Waals surface area (Å²) in [6, 6.07) is 18.7. The third kappa shape index (κ3) is 4.82. The van der Waals surface area contributed by atoms with Crippen molar-refractivity contribution < 1.29 is 4.79 Å². The fourth-order valence-electron chi connectivity index (χ4n) is 4.49. The number of hydrogen-bond acceptors (Lipinski definition) is 5. The van der Waals surface area contributed by atoms with Crippen molar-refractivity contribution in [2.45, 2.75) is 32.6 Å². The minimum absolute atomic E-state index is 0.00476. The number of carbonyl (C=O) groups excluding carboxylic acids is 1. The molecular formula is C27H27N3OS2. The molecule has 2 saturated heterocycles. The summed E-state index contributed by atoms with van der Waals surface area (Å²) in [6.07, 6.45) is 6.40. The number of piperidine rings is 1. The summed E-state index contributed by atoms with van der Waals surface area (Å²) in [5.74, 6) is 0.968. The lowest BCUT2D eigenvalue weighted by molar-refractivity contribution is -0.122. The fourth-order valence-corrected chi connectivity index (χ4v) is 5.79. The molecule has 0 aliphatic carbocycles. The summed E-state index contributed by atoms with van der Waals surface area (Å²) in [5, 5.41) is 1.10. The van der Waals surface area contributed by atoms with E-state index in [9.17, 15) is 4.79 Å². The highest BCUT2D eigenvalue weighted by atomic mass is 32.2. The molecule has 2 aliphatic rings. The molecule has 0 atom stereocenters. The summed E-state index contributed by atoms with van der Waals surface area (Å²) in [7, 11) is 0. The van der Waals surface area contributed by atoms with Gasteiger partial charge in [0.1, 0.15) is 10.1 Å². The third-order valence-corrected chi connectivity index (χ3v) is 7.64. The van der Waals surface area contributed by atoms with Crippen LogP contribution in [0.3, 0.4) is 0 Å². The third-order valence-electron chi connectivity index (χ3n) is 6.26. The van der Waals surface area contributed by atoms with Gasteiger partial charge in [0.25, 0.3) is 5.91 Å². The van der Waals surface area contributed by atoms with Crippen LogP contribution in [0.5, 0.6) is 0 Å². The molecule has 0 spiro atoms. The Morgan fingerprint density at radius 2 is 1.85 bits per heavy atom. The molecule has 3 aromatic rings. The van der Waals surface area contributed by atoms with E-state index in [0.717, 1.165) is 41.8 Å². The molecule has 0 radical (unpaired) electrons. The van der Waals surface area contributed by atoms with E-state index in [2.05, 4.69) is 48.2 Å². The van der Waals surface area contributed by atoms with Crippen molar-refractivity contribution in [2.75, 3.05) is 24.5 Å². The zero-order valence-electron chi connectivity index (χ0n) is 18.8. The molecule has 168 valence electrons. The molecule has 0 bridgehead atoms. The molecule has 0 unspecified atom stereocenters. The number of fused-ring (bicyclic) bond motifs is 1. The fraction of sp³-hybridized carbons (Fsp3) is 0.296. The van der Waals surface area contributed by atoms with Gasteiger partial charge in [0, 0.05) is 30.6 Å². The van der Waals surface area contributed by atoms with E-state index in [-0.39, 0.29) is 5.91 Å². The van der Waals surface area contributed by atoms with Crippen molar-refractivity contribution in [1.29, 1.82) is 0 Å². The Morgan fingerprint density at radius 1 is 1.06 bits per heavy atom. The van der Waals surface area contributed by atoms with Crippen molar-refractivity contribution in [2.24, 2.45) is 0 Å². The number of rotatable bonds is 5. The average molecular weight is 474 g/mol. The SMILES string of the molecule is Cc1ccc2nc(N3CCCCC3)c(/C=C3\SC(=S)N(CCc4ccccc4)C3=O)cc2c1. The van der Waals surface area contributed by atoms with Crippen molar-refractivity contribution in [3.05, 3.63) is 76.2 Å². The number of aromatic nitrogens is 1. The highest BCUT2D eigenvalue weighted by Gasteiger charge is 2.32. The monoisotopic (exact) mass is 473 g/mol. The standard InChI is InChI=1S/C27H27N3OS2/c1-19-10-11-23-21(16-19)17-22(25(28-23)29-13-6-3-7-14-29)18-24-26(31)30(27(32)33-24)15-12-20-8-4-2-5-9-20/h2,4-5,8-11,16-18H,3,6-7,12-15H2,1H3/b24-18-. The maximum absolute atomic E-state index is 13.3. The van der Waals surface area contributed by atoms with E-state index >= 15 is 0 Å². The molecule has 2 aliphatic heterocycles. The zero-order chi connectivity index (χ0) is 22.8. The molecule has 2 fully saturated rings. The van der Waals surface area contributed by atoms with Gasteiger partial charge in [0.15, 0.2) is 0 Å². The van der Waals surface area contributed by atoms with E-state index in [1.807, 2.05) is 24.3 Å². The number of thioether (sulfide) groups is 1. The molecule has 1 amide bonds. The number of anilines is 1. The van der Waals surface area contributed by atoms with Gasteiger partial charge in [-0.1, -0.05) is 65.9 Å². The number of pyridine rings is 1. The van der Waals surface area contributed by atoms with Gasteiger partial charge in [-0.05, 0) is 62.4 Å². The lowest BCUT2D eigenvalue weighted by Gasteiger charge is -2.29. The first kappa shape index (κ1) is 22.1.